The fraction of sp³-hybridized carbons (Fsp3) is 0.938. The summed E-state index contributed by atoms with van der Waals surface area (Å²) >= 11 is 0. The van der Waals surface area contributed by atoms with Gasteiger partial charge in [0.1, 0.15) is 0 Å². The van der Waals surface area contributed by atoms with Crippen molar-refractivity contribution in [1.29, 1.82) is 0 Å². The molecule has 0 saturated carbocycles. The van der Waals surface area contributed by atoms with Crippen LogP contribution in [0, 0.1) is 0 Å². The van der Waals surface area contributed by atoms with E-state index in [9.17, 15) is 4.79 Å². The van der Waals surface area contributed by atoms with Gasteiger partial charge in [-0.25, -0.2) is 0 Å². The standard InChI is InChI=1S/C16H31N3O/c1-3-18-12-8-9-15(18)13-17-14(2)16(20)19-10-6-4-5-7-11-19/h14-15,17H,3-13H2,1-2H3. The number of hydrogen-bond acceptors (Lipinski definition) is 3. The van der Waals surface area contributed by atoms with E-state index in [2.05, 4.69) is 22.0 Å². The summed E-state index contributed by atoms with van der Waals surface area (Å²) in [6.45, 7) is 9.46. The molecular formula is C16H31N3O. The predicted octanol–water partition coefficient (Wildman–Crippen LogP) is 1.85. The number of likely N-dealkylation sites (N-methyl/N-ethyl adjacent to an activating group) is 1. The Morgan fingerprint density at radius 1 is 1.15 bits per heavy atom. The molecule has 2 atom stereocenters. The molecule has 0 aromatic heterocycles. The van der Waals surface area contributed by atoms with Gasteiger partial charge in [0, 0.05) is 25.7 Å². The van der Waals surface area contributed by atoms with Crippen molar-refractivity contribution in [2.45, 2.75) is 64.5 Å². The molecular weight excluding hydrogens is 250 g/mol. The zero-order chi connectivity index (χ0) is 14.4. The van der Waals surface area contributed by atoms with Crippen LogP contribution in [0.25, 0.3) is 0 Å². The van der Waals surface area contributed by atoms with Crippen LogP contribution in [0.1, 0.15) is 52.4 Å². The highest BCUT2D eigenvalue weighted by molar-refractivity contribution is 5.81. The van der Waals surface area contributed by atoms with Gasteiger partial charge >= 0.3 is 0 Å². The third-order valence-electron chi connectivity index (χ3n) is 4.85. The zero-order valence-corrected chi connectivity index (χ0v) is 13.2. The molecule has 0 bridgehead atoms. The van der Waals surface area contributed by atoms with E-state index in [4.69, 9.17) is 0 Å². The topological polar surface area (TPSA) is 35.6 Å². The van der Waals surface area contributed by atoms with E-state index >= 15 is 0 Å². The first-order valence-electron chi connectivity index (χ1n) is 8.48. The Bertz CT molecular complexity index is 300. The highest BCUT2D eigenvalue weighted by Gasteiger charge is 2.25. The smallest absolute Gasteiger partial charge is 0.239 e. The van der Waals surface area contributed by atoms with E-state index in [1.807, 2.05) is 6.92 Å². The van der Waals surface area contributed by atoms with Gasteiger partial charge in [0.2, 0.25) is 5.91 Å². The van der Waals surface area contributed by atoms with E-state index < -0.39 is 0 Å². The Morgan fingerprint density at radius 3 is 2.50 bits per heavy atom. The maximum Gasteiger partial charge on any atom is 0.239 e. The van der Waals surface area contributed by atoms with Crippen molar-refractivity contribution in [2.24, 2.45) is 0 Å². The van der Waals surface area contributed by atoms with Gasteiger partial charge in [0.15, 0.2) is 0 Å². The molecule has 0 aromatic rings. The minimum atomic E-state index is -0.0348. The number of rotatable bonds is 5. The van der Waals surface area contributed by atoms with Crippen LogP contribution in [0.4, 0.5) is 0 Å². The second-order valence-electron chi connectivity index (χ2n) is 6.29. The third-order valence-corrected chi connectivity index (χ3v) is 4.85. The van der Waals surface area contributed by atoms with Gasteiger partial charge in [-0.05, 0) is 45.7 Å². The van der Waals surface area contributed by atoms with E-state index in [1.165, 1.54) is 45.1 Å². The average Bonchev–Trinajstić information content (AvgIpc) is 2.75. The predicted molar refractivity (Wildman–Crippen MR) is 82.8 cm³/mol. The Kier molecular flexibility index (Phi) is 6.30. The van der Waals surface area contributed by atoms with Crippen LogP contribution in [-0.4, -0.2) is 60.5 Å². The maximum atomic E-state index is 12.5. The van der Waals surface area contributed by atoms with Crippen molar-refractivity contribution in [3.8, 4) is 0 Å². The molecule has 2 fully saturated rings. The van der Waals surface area contributed by atoms with Crippen LogP contribution in [0.15, 0.2) is 0 Å². The molecule has 1 amide bonds. The van der Waals surface area contributed by atoms with Gasteiger partial charge < -0.3 is 10.2 Å². The number of nitrogens with one attached hydrogen (secondary N) is 1. The molecule has 2 unspecified atom stereocenters. The molecule has 2 saturated heterocycles. The van der Waals surface area contributed by atoms with Crippen molar-refractivity contribution in [3.05, 3.63) is 0 Å². The van der Waals surface area contributed by atoms with Crippen molar-refractivity contribution < 1.29 is 4.79 Å². The van der Waals surface area contributed by atoms with Crippen LogP contribution in [-0.2, 0) is 4.79 Å². The number of carbonyl (C=O) groups is 1. The fourth-order valence-corrected chi connectivity index (χ4v) is 3.51. The zero-order valence-electron chi connectivity index (χ0n) is 13.2. The van der Waals surface area contributed by atoms with E-state index in [1.54, 1.807) is 0 Å². The molecule has 4 nitrogen and oxygen atoms in total. The van der Waals surface area contributed by atoms with Crippen LogP contribution in [0.3, 0.4) is 0 Å². The summed E-state index contributed by atoms with van der Waals surface area (Å²) in [5.74, 6) is 0.299. The van der Waals surface area contributed by atoms with Gasteiger partial charge in [-0.15, -0.1) is 0 Å². The largest absolute Gasteiger partial charge is 0.341 e. The molecule has 20 heavy (non-hydrogen) atoms. The second-order valence-corrected chi connectivity index (χ2v) is 6.29. The molecule has 0 radical (unpaired) electrons. The molecule has 2 aliphatic rings. The molecule has 0 aliphatic carbocycles. The highest BCUT2D eigenvalue weighted by Crippen LogP contribution is 2.16. The SMILES string of the molecule is CCN1CCCC1CNC(C)C(=O)N1CCCCCC1. The van der Waals surface area contributed by atoms with Crippen molar-refractivity contribution >= 4 is 5.91 Å². The van der Waals surface area contributed by atoms with Crippen LogP contribution >= 0.6 is 0 Å². The molecule has 4 heteroatoms. The molecule has 0 aromatic carbocycles. The molecule has 116 valence electrons. The molecule has 1 N–H and O–H groups in total. The lowest BCUT2D eigenvalue weighted by Crippen LogP contribution is -2.48. The van der Waals surface area contributed by atoms with Gasteiger partial charge in [-0.1, -0.05) is 19.8 Å². The summed E-state index contributed by atoms with van der Waals surface area (Å²) in [5.41, 5.74) is 0. The van der Waals surface area contributed by atoms with E-state index in [0.717, 1.165) is 26.2 Å². The fourth-order valence-electron chi connectivity index (χ4n) is 3.51. The van der Waals surface area contributed by atoms with Gasteiger partial charge in [-0.2, -0.15) is 0 Å². The summed E-state index contributed by atoms with van der Waals surface area (Å²) in [4.78, 5) is 17.0. The van der Waals surface area contributed by atoms with Gasteiger partial charge in [0.25, 0.3) is 0 Å². The van der Waals surface area contributed by atoms with E-state index in [-0.39, 0.29) is 6.04 Å². The van der Waals surface area contributed by atoms with Crippen molar-refractivity contribution in [3.63, 3.8) is 0 Å². The van der Waals surface area contributed by atoms with Crippen LogP contribution < -0.4 is 5.32 Å². The van der Waals surface area contributed by atoms with Crippen LogP contribution in [0.5, 0.6) is 0 Å². The quantitative estimate of drug-likeness (QED) is 0.835. The lowest BCUT2D eigenvalue weighted by molar-refractivity contribution is -0.133. The number of amides is 1. The average molecular weight is 281 g/mol. The maximum absolute atomic E-state index is 12.5. The first-order chi connectivity index (χ1) is 9.72. The lowest BCUT2D eigenvalue weighted by atomic mass is 10.2. The molecule has 0 spiro atoms. The second kappa shape index (κ2) is 7.99. The number of carbonyl (C=O) groups excluding carboxylic acids is 1. The Labute approximate surface area is 123 Å². The third kappa shape index (κ3) is 4.19. The molecule has 2 heterocycles. The van der Waals surface area contributed by atoms with Gasteiger partial charge in [0.05, 0.1) is 6.04 Å². The first-order valence-corrected chi connectivity index (χ1v) is 8.48. The minimum absolute atomic E-state index is 0.0348. The summed E-state index contributed by atoms with van der Waals surface area (Å²) in [6, 6.07) is 0.590. The first kappa shape index (κ1) is 15.8. The number of nitrogens with zero attached hydrogens (tertiary/aromatic N) is 2. The van der Waals surface area contributed by atoms with Gasteiger partial charge in [-0.3, -0.25) is 9.69 Å². The molecule has 2 rings (SSSR count). The normalized spacial score (nSPS) is 26.5. The Morgan fingerprint density at radius 2 is 1.85 bits per heavy atom. The summed E-state index contributed by atoms with van der Waals surface area (Å²) in [5, 5.41) is 3.47. The monoisotopic (exact) mass is 281 g/mol. The summed E-state index contributed by atoms with van der Waals surface area (Å²) < 4.78 is 0. The lowest BCUT2D eigenvalue weighted by Gasteiger charge is -2.27. The number of hydrogen-bond donors (Lipinski definition) is 1. The number of likely N-dealkylation sites (tertiary alicyclic amines) is 2. The van der Waals surface area contributed by atoms with Crippen LogP contribution in [0.2, 0.25) is 0 Å². The highest BCUT2D eigenvalue weighted by atomic mass is 16.2. The van der Waals surface area contributed by atoms with E-state index in [0.29, 0.717) is 11.9 Å². The Hall–Kier alpha value is -0.610. The minimum Gasteiger partial charge on any atom is -0.341 e. The van der Waals surface area contributed by atoms with Crippen molar-refractivity contribution in [2.75, 3.05) is 32.7 Å². The summed E-state index contributed by atoms with van der Waals surface area (Å²) in [7, 11) is 0. The Balaban J connectivity index is 1.75. The van der Waals surface area contributed by atoms with Crippen molar-refractivity contribution in [1.82, 2.24) is 15.1 Å². The summed E-state index contributed by atoms with van der Waals surface area (Å²) in [6.07, 6.45) is 7.47. The molecule has 2 aliphatic heterocycles.